The fourth-order valence-electron chi connectivity index (χ4n) is 3.99. The van der Waals surface area contributed by atoms with Crippen LogP contribution in [0.3, 0.4) is 0 Å². The van der Waals surface area contributed by atoms with Gasteiger partial charge in [-0.2, -0.15) is 0 Å². The number of rotatable bonds is 6. The first kappa shape index (κ1) is 18.5. The Balaban J connectivity index is 1.36. The lowest BCUT2D eigenvalue weighted by Crippen LogP contribution is -2.51. The van der Waals surface area contributed by atoms with E-state index in [1.165, 1.54) is 32.1 Å². The third-order valence-electron chi connectivity index (χ3n) is 5.86. The number of amides is 1. The average molecular weight is 350 g/mol. The number of hydrogen-bond donors (Lipinski definition) is 2. The first-order valence-electron chi connectivity index (χ1n) is 10.3. The van der Waals surface area contributed by atoms with E-state index >= 15 is 0 Å². The van der Waals surface area contributed by atoms with E-state index in [4.69, 9.17) is 4.99 Å². The van der Waals surface area contributed by atoms with Gasteiger partial charge in [0.2, 0.25) is 5.91 Å². The van der Waals surface area contributed by atoms with E-state index in [-0.39, 0.29) is 0 Å². The van der Waals surface area contributed by atoms with Crippen LogP contribution in [-0.2, 0) is 4.79 Å². The van der Waals surface area contributed by atoms with Crippen molar-refractivity contribution in [3.8, 4) is 0 Å². The summed E-state index contributed by atoms with van der Waals surface area (Å²) < 4.78 is 0. The summed E-state index contributed by atoms with van der Waals surface area (Å²) in [7, 11) is 0. The van der Waals surface area contributed by atoms with Crippen molar-refractivity contribution in [2.24, 2.45) is 10.9 Å². The summed E-state index contributed by atoms with van der Waals surface area (Å²) in [5, 5.41) is 6.93. The minimum absolute atomic E-state index is 0.334. The zero-order chi connectivity index (χ0) is 17.5. The summed E-state index contributed by atoms with van der Waals surface area (Å²) in [6.45, 7) is 8.57. The summed E-state index contributed by atoms with van der Waals surface area (Å²) >= 11 is 0. The van der Waals surface area contributed by atoms with Crippen LogP contribution in [0.5, 0.6) is 0 Å². The molecular formula is C19H35N5O. The highest BCUT2D eigenvalue weighted by Crippen LogP contribution is 2.28. The number of nitrogens with zero attached hydrogens (tertiary/aromatic N) is 3. The quantitative estimate of drug-likeness (QED) is 0.563. The van der Waals surface area contributed by atoms with E-state index in [2.05, 4.69) is 27.4 Å². The maximum absolute atomic E-state index is 12.3. The molecule has 3 aliphatic rings. The second-order valence-corrected chi connectivity index (χ2v) is 7.68. The molecule has 3 rings (SSSR count). The third kappa shape index (κ3) is 5.33. The molecule has 0 aromatic carbocycles. The molecule has 6 nitrogen and oxygen atoms in total. The fraction of sp³-hybridized carbons (Fsp3) is 0.895. The predicted octanol–water partition coefficient (Wildman–Crippen LogP) is 1.43. The van der Waals surface area contributed by atoms with Crippen molar-refractivity contribution in [2.75, 3.05) is 45.8 Å². The summed E-state index contributed by atoms with van der Waals surface area (Å²) in [4.78, 5) is 21.6. The molecule has 0 radical (unpaired) electrons. The van der Waals surface area contributed by atoms with Crippen molar-refractivity contribution in [1.29, 1.82) is 0 Å². The molecule has 0 aromatic heterocycles. The van der Waals surface area contributed by atoms with Gasteiger partial charge in [-0.1, -0.05) is 19.3 Å². The van der Waals surface area contributed by atoms with Crippen molar-refractivity contribution in [2.45, 2.75) is 57.9 Å². The molecular weight excluding hydrogens is 314 g/mol. The van der Waals surface area contributed by atoms with Gasteiger partial charge in [-0.05, 0) is 32.6 Å². The van der Waals surface area contributed by atoms with Crippen LogP contribution in [0.4, 0.5) is 0 Å². The number of guanidine groups is 1. The maximum atomic E-state index is 12.3. The van der Waals surface area contributed by atoms with E-state index < -0.39 is 0 Å². The molecule has 142 valence electrons. The van der Waals surface area contributed by atoms with Crippen molar-refractivity contribution in [3.63, 3.8) is 0 Å². The molecule has 1 amide bonds. The Labute approximate surface area is 152 Å². The predicted molar refractivity (Wildman–Crippen MR) is 102 cm³/mol. The highest BCUT2D eigenvalue weighted by atomic mass is 16.2. The average Bonchev–Trinajstić information content (AvgIpc) is 3.07. The van der Waals surface area contributed by atoms with E-state index in [0.29, 0.717) is 17.9 Å². The van der Waals surface area contributed by atoms with Crippen LogP contribution in [0.25, 0.3) is 0 Å². The molecule has 0 spiro atoms. The van der Waals surface area contributed by atoms with Crippen LogP contribution in [0.2, 0.25) is 0 Å². The SMILES string of the molecule is CCNC(=NCCN1CCN(C(=O)C2CCC2)CC1)NC1CCCC1. The van der Waals surface area contributed by atoms with Crippen molar-refractivity contribution < 1.29 is 4.79 Å². The molecule has 25 heavy (non-hydrogen) atoms. The van der Waals surface area contributed by atoms with Gasteiger partial charge in [0.25, 0.3) is 0 Å². The zero-order valence-electron chi connectivity index (χ0n) is 15.8. The van der Waals surface area contributed by atoms with E-state index in [1.807, 2.05) is 0 Å². The van der Waals surface area contributed by atoms with Crippen LogP contribution >= 0.6 is 0 Å². The maximum Gasteiger partial charge on any atom is 0.225 e. The Morgan fingerprint density at radius 2 is 1.76 bits per heavy atom. The molecule has 1 heterocycles. The third-order valence-corrected chi connectivity index (χ3v) is 5.86. The molecule has 0 unspecified atom stereocenters. The lowest BCUT2D eigenvalue weighted by atomic mass is 9.84. The first-order chi connectivity index (χ1) is 12.3. The zero-order valence-corrected chi connectivity index (χ0v) is 15.8. The number of carbonyl (C=O) groups is 1. The van der Waals surface area contributed by atoms with Gasteiger partial charge in [0.15, 0.2) is 5.96 Å². The standard InChI is InChI=1S/C19H35N5O/c1-2-20-19(22-17-8-3-4-9-17)21-10-11-23-12-14-24(15-13-23)18(25)16-6-5-7-16/h16-17H,2-15H2,1H3,(H2,20,21,22). The normalized spacial score (nSPS) is 23.6. The summed E-state index contributed by atoms with van der Waals surface area (Å²) in [6.07, 6.45) is 8.64. The van der Waals surface area contributed by atoms with Gasteiger partial charge in [-0.3, -0.25) is 14.7 Å². The van der Waals surface area contributed by atoms with Gasteiger partial charge >= 0.3 is 0 Å². The monoisotopic (exact) mass is 349 g/mol. The largest absolute Gasteiger partial charge is 0.357 e. The molecule has 0 aromatic rings. The molecule has 2 aliphatic carbocycles. The molecule has 0 bridgehead atoms. The minimum atomic E-state index is 0.334. The highest BCUT2D eigenvalue weighted by molar-refractivity contribution is 5.80. The van der Waals surface area contributed by atoms with Crippen LogP contribution in [-0.4, -0.2) is 73.5 Å². The number of carbonyl (C=O) groups excluding carboxylic acids is 1. The van der Waals surface area contributed by atoms with E-state index in [0.717, 1.165) is 64.6 Å². The second kappa shape index (κ2) is 9.41. The summed E-state index contributed by atoms with van der Waals surface area (Å²) in [5.41, 5.74) is 0. The Hall–Kier alpha value is -1.30. The molecule has 0 atom stereocenters. The van der Waals surface area contributed by atoms with Gasteiger partial charge in [0.05, 0.1) is 6.54 Å². The lowest BCUT2D eigenvalue weighted by Gasteiger charge is -2.38. The van der Waals surface area contributed by atoms with E-state index in [9.17, 15) is 4.79 Å². The second-order valence-electron chi connectivity index (χ2n) is 7.68. The molecule has 3 fully saturated rings. The fourth-order valence-corrected chi connectivity index (χ4v) is 3.99. The Bertz CT molecular complexity index is 449. The van der Waals surface area contributed by atoms with Gasteiger partial charge in [0.1, 0.15) is 0 Å². The van der Waals surface area contributed by atoms with Crippen LogP contribution in [0.15, 0.2) is 4.99 Å². The lowest BCUT2D eigenvalue weighted by molar-refractivity contribution is -0.139. The van der Waals surface area contributed by atoms with Crippen molar-refractivity contribution >= 4 is 11.9 Å². The Kier molecular flexibility index (Phi) is 6.96. The molecule has 1 saturated heterocycles. The summed E-state index contributed by atoms with van der Waals surface area (Å²) in [5.74, 6) is 1.70. The number of hydrogen-bond acceptors (Lipinski definition) is 3. The Morgan fingerprint density at radius 3 is 2.36 bits per heavy atom. The minimum Gasteiger partial charge on any atom is -0.357 e. The van der Waals surface area contributed by atoms with Gasteiger partial charge < -0.3 is 15.5 Å². The van der Waals surface area contributed by atoms with E-state index in [1.54, 1.807) is 0 Å². The van der Waals surface area contributed by atoms with Gasteiger partial charge in [-0.15, -0.1) is 0 Å². The number of nitrogens with one attached hydrogen (secondary N) is 2. The first-order valence-corrected chi connectivity index (χ1v) is 10.3. The topological polar surface area (TPSA) is 60.0 Å². The van der Waals surface area contributed by atoms with Crippen LogP contribution in [0, 0.1) is 5.92 Å². The summed E-state index contributed by atoms with van der Waals surface area (Å²) in [6, 6.07) is 0.596. The van der Waals surface area contributed by atoms with Gasteiger partial charge in [-0.25, -0.2) is 0 Å². The number of aliphatic imine (C=N–C) groups is 1. The van der Waals surface area contributed by atoms with Crippen molar-refractivity contribution in [1.82, 2.24) is 20.4 Å². The van der Waals surface area contributed by atoms with Crippen LogP contribution < -0.4 is 10.6 Å². The molecule has 1 aliphatic heterocycles. The molecule has 2 saturated carbocycles. The van der Waals surface area contributed by atoms with Gasteiger partial charge in [0, 0.05) is 51.2 Å². The van der Waals surface area contributed by atoms with Crippen molar-refractivity contribution in [3.05, 3.63) is 0 Å². The number of piperazine rings is 1. The molecule has 2 N–H and O–H groups in total. The smallest absolute Gasteiger partial charge is 0.225 e. The highest BCUT2D eigenvalue weighted by Gasteiger charge is 2.31. The molecule has 6 heteroatoms. The Morgan fingerprint density at radius 1 is 1.04 bits per heavy atom. The van der Waals surface area contributed by atoms with Crippen LogP contribution in [0.1, 0.15) is 51.9 Å².